The van der Waals surface area contributed by atoms with Crippen molar-refractivity contribution in [1.82, 2.24) is 24.6 Å². The number of anilines is 2. The van der Waals surface area contributed by atoms with Crippen LogP contribution in [0.5, 0.6) is 0 Å². The van der Waals surface area contributed by atoms with Gasteiger partial charge in [0.25, 0.3) is 0 Å². The molecule has 2 aliphatic heterocycles. The second kappa shape index (κ2) is 11.0. The number of hydrogen-bond donors (Lipinski definition) is 0. The van der Waals surface area contributed by atoms with Crippen LogP contribution in [0.25, 0.3) is 11.1 Å². The van der Waals surface area contributed by atoms with Crippen LogP contribution in [0.4, 0.5) is 11.6 Å². The summed E-state index contributed by atoms with van der Waals surface area (Å²) in [5, 5.41) is 4.17. The van der Waals surface area contributed by atoms with Crippen molar-refractivity contribution in [2.45, 2.75) is 51.4 Å². The molecular weight excluding hydrogens is 514 g/mol. The third kappa shape index (κ3) is 5.93. The monoisotopic (exact) mass is 551 g/mol. The minimum absolute atomic E-state index is 0.0600. The average molecular weight is 552 g/mol. The van der Waals surface area contributed by atoms with Gasteiger partial charge in [-0.3, -0.25) is 9.48 Å². The summed E-state index contributed by atoms with van der Waals surface area (Å²) in [5.41, 5.74) is 4.99. The number of piperazine rings is 1. The Labute approximate surface area is 230 Å². The number of carbonyl (C=O) groups is 1. The van der Waals surface area contributed by atoms with Crippen molar-refractivity contribution < 1.29 is 13.2 Å². The summed E-state index contributed by atoms with van der Waals surface area (Å²) < 4.78 is 25.5. The molecule has 4 heterocycles. The maximum absolute atomic E-state index is 13.1. The number of carbonyl (C=O) groups excluding carboxylic acids is 1. The number of sulfone groups is 1. The Hall–Kier alpha value is -3.47. The molecule has 0 saturated carbocycles. The van der Waals surface area contributed by atoms with Crippen LogP contribution in [0.15, 0.2) is 42.7 Å². The quantitative estimate of drug-likeness (QED) is 0.461. The first-order valence-corrected chi connectivity index (χ1v) is 15.5. The number of benzene rings is 1. The van der Waals surface area contributed by atoms with E-state index in [1.165, 1.54) is 6.26 Å². The lowest BCUT2D eigenvalue weighted by Crippen LogP contribution is -2.55. The number of aryl methyl sites for hydroxylation is 2. The summed E-state index contributed by atoms with van der Waals surface area (Å²) in [4.78, 5) is 28.7. The molecular formula is C28H37N7O3S. The van der Waals surface area contributed by atoms with Crippen molar-refractivity contribution >= 4 is 27.4 Å². The van der Waals surface area contributed by atoms with Gasteiger partial charge in [-0.25, -0.2) is 18.4 Å². The molecule has 0 N–H and O–H groups in total. The summed E-state index contributed by atoms with van der Waals surface area (Å²) in [5.74, 6) is 0.720. The van der Waals surface area contributed by atoms with E-state index in [-0.39, 0.29) is 23.7 Å². The zero-order valence-electron chi connectivity index (χ0n) is 23.1. The van der Waals surface area contributed by atoms with Crippen LogP contribution in [0, 0.1) is 13.8 Å². The molecule has 1 amide bonds. The fourth-order valence-electron chi connectivity index (χ4n) is 5.70. The first-order chi connectivity index (χ1) is 18.6. The molecule has 3 aromatic rings. The highest BCUT2D eigenvalue weighted by atomic mass is 32.2. The number of amides is 1. The number of rotatable bonds is 6. The number of aromatic nitrogens is 4. The van der Waals surface area contributed by atoms with Crippen molar-refractivity contribution in [2.24, 2.45) is 0 Å². The zero-order valence-corrected chi connectivity index (χ0v) is 23.9. The van der Waals surface area contributed by atoms with E-state index in [4.69, 9.17) is 0 Å². The lowest BCUT2D eigenvalue weighted by Gasteiger charge is -2.41. The fraction of sp³-hybridized carbons (Fsp3) is 0.500. The van der Waals surface area contributed by atoms with E-state index in [0.29, 0.717) is 38.4 Å². The largest absolute Gasteiger partial charge is 0.367 e. The summed E-state index contributed by atoms with van der Waals surface area (Å²) in [7, 11) is -3.02. The van der Waals surface area contributed by atoms with Gasteiger partial charge in [0.2, 0.25) is 11.9 Å². The van der Waals surface area contributed by atoms with Gasteiger partial charge in [0.05, 0.1) is 10.9 Å². The van der Waals surface area contributed by atoms with Gasteiger partial charge in [-0.2, -0.15) is 5.10 Å². The molecule has 0 radical (unpaired) electrons. The molecule has 11 heteroatoms. The molecule has 2 fully saturated rings. The Morgan fingerprint density at radius 3 is 2.31 bits per heavy atom. The normalized spacial score (nSPS) is 19.0. The predicted octanol–water partition coefficient (Wildman–Crippen LogP) is 2.71. The Bertz CT molecular complexity index is 1430. The van der Waals surface area contributed by atoms with Crippen molar-refractivity contribution in [3.8, 4) is 11.1 Å². The molecule has 1 aromatic carbocycles. The van der Waals surface area contributed by atoms with Crippen LogP contribution in [-0.4, -0.2) is 89.2 Å². The number of para-hydroxylation sites is 1. The Kier molecular flexibility index (Phi) is 7.61. The highest BCUT2D eigenvalue weighted by Gasteiger charge is 2.30. The molecule has 1 unspecified atom stereocenters. The van der Waals surface area contributed by atoms with Gasteiger partial charge in [0.15, 0.2) is 0 Å². The summed E-state index contributed by atoms with van der Waals surface area (Å²) in [6.45, 7) is 9.65. The van der Waals surface area contributed by atoms with Crippen molar-refractivity contribution in [2.75, 3.05) is 48.8 Å². The fourth-order valence-corrected chi connectivity index (χ4v) is 6.77. The van der Waals surface area contributed by atoms with E-state index in [1.54, 1.807) is 4.68 Å². The molecule has 2 aliphatic rings. The minimum Gasteiger partial charge on any atom is -0.367 e. The van der Waals surface area contributed by atoms with Gasteiger partial charge < -0.3 is 14.7 Å². The van der Waals surface area contributed by atoms with E-state index in [1.807, 2.05) is 49.3 Å². The van der Waals surface area contributed by atoms with Crippen molar-refractivity contribution in [1.29, 1.82) is 0 Å². The SMILES string of the molecule is Cc1cc(C)n(CC(=O)N2CCN(c3ccccc3-c3cnc(N4CCC(S(C)(=O)=O)CC4)nc3)CC2C)n1. The van der Waals surface area contributed by atoms with Gasteiger partial charge in [-0.05, 0) is 45.7 Å². The summed E-state index contributed by atoms with van der Waals surface area (Å²) in [6.07, 6.45) is 6.21. The lowest BCUT2D eigenvalue weighted by atomic mass is 10.0. The Morgan fingerprint density at radius 2 is 1.69 bits per heavy atom. The van der Waals surface area contributed by atoms with E-state index in [2.05, 4.69) is 43.9 Å². The van der Waals surface area contributed by atoms with E-state index >= 15 is 0 Å². The van der Waals surface area contributed by atoms with Crippen LogP contribution in [-0.2, 0) is 21.2 Å². The first kappa shape index (κ1) is 27.1. The van der Waals surface area contributed by atoms with Gasteiger partial charge >= 0.3 is 0 Å². The van der Waals surface area contributed by atoms with Crippen molar-refractivity contribution in [3.05, 3.63) is 54.1 Å². The van der Waals surface area contributed by atoms with Crippen LogP contribution >= 0.6 is 0 Å². The van der Waals surface area contributed by atoms with Crippen LogP contribution < -0.4 is 9.80 Å². The predicted molar refractivity (Wildman–Crippen MR) is 153 cm³/mol. The van der Waals surface area contributed by atoms with Crippen LogP contribution in [0.1, 0.15) is 31.2 Å². The molecule has 10 nitrogen and oxygen atoms in total. The van der Waals surface area contributed by atoms with Crippen molar-refractivity contribution in [3.63, 3.8) is 0 Å². The molecule has 0 aliphatic carbocycles. The second-order valence-corrected chi connectivity index (χ2v) is 13.1. The number of piperidine rings is 1. The highest BCUT2D eigenvalue weighted by molar-refractivity contribution is 7.91. The number of hydrogen-bond acceptors (Lipinski definition) is 8. The summed E-state index contributed by atoms with van der Waals surface area (Å²) >= 11 is 0. The molecule has 5 rings (SSSR count). The summed E-state index contributed by atoms with van der Waals surface area (Å²) in [6, 6.07) is 10.3. The maximum Gasteiger partial charge on any atom is 0.244 e. The van der Waals surface area contributed by atoms with Crippen LogP contribution in [0.2, 0.25) is 0 Å². The molecule has 2 aromatic heterocycles. The smallest absolute Gasteiger partial charge is 0.244 e. The lowest BCUT2D eigenvalue weighted by molar-refractivity contribution is -0.134. The molecule has 1 atom stereocenters. The van der Waals surface area contributed by atoms with Gasteiger partial charge in [-0.15, -0.1) is 0 Å². The van der Waals surface area contributed by atoms with Gasteiger partial charge in [-0.1, -0.05) is 18.2 Å². The average Bonchev–Trinajstić information content (AvgIpc) is 3.24. The molecule has 0 spiro atoms. The molecule has 0 bridgehead atoms. The molecule has 208 valence electrons. The Morgan fingerprint density at radius 1 is 1.00 bits per heavy atom. The third-order valence-electron chi connectivity index (χ3n) is 7.86. The number of nitrogens with zero attached hydrogens (tertiary/aromatic N) is 7. The third-order valence-corrected chi connectivity index (χ3v) is 9.54. The molecule has 2 saturated heterocycles. The standard InChI is InChI=1S/C28H37N7O3S/c1-20-15-21(2)35(31-20)19-27(36)34-14-13-33(18-22(34)3)26-8-6-5-7-25(26)23-16-29-28(30-17-23)32-11-9-24(10-12-32)39(4,37)38/h5-8,15-17,22,24H,9-14,18-19H2,1-4H3. The second-order valence-electron chi connectivity index (χ2n) is 10.8. The van der Waals surface area contributed by atoms with Crippen LogP contribution in [0.3, 0.4) is 0 Å². The highest BCUT2D eigenvalue weighted by Crippen LogP contribution is 2.32. The first-order valence-electron chi connectivity index (χ1n) is 13.5. The maximum atomic E-state index is 13.1. The zero-order chi connectivity index (χ0) is 27.7. The van der Waals surface area contributed by atoms with E-state index in [0.717, 1.165) is 41.3 Å². The Balaban J connectivity index is 1.26. The van der Waals surface area contributed by atoms with E-state index in [9.17, 15) is 13.2 Å². The van der Waals surface area contributed by atoms with E-state index < -0.39 is 9.84 Å². The van der Waals surface area contributed by atoms with Gasteiger partial charge in [0, 0.05) is 79.9 Å². The van der Waals surface area contributed by atoms with Gasteiger partial charge in [0.1, 0.15) is 16.4 Å². The topological polar surface area (TPSA) is 105 Å². The minimum atomic E-state index is -3.02. The molecule has 39 heavy (non-hydrogen) atoms.